The van der Waals surface area contributed by atoms with Gasteiger partial charge in [0.05, 0.1) is 10.4 Å². The number of aromatic nitrogens is 2. The molecule has 0 radical (unpaired) electrons. The molecule has 0 fully saturated rings. The molecule has 3 aromatic rings. The van der Waals surface area contributed by atoms with E-state index >= 15 is 0 Å². The minimum Gasteiger partial charge on any atom is -0.350 e. The van der Waals surface area contributed by atoms with Gasteiger partial charge in [0.1, 0.15) is 0 Å². The largest absolute Gasteiger partial charge is 0.350 e. The molecule has 1 amide bonds. The second-order valence-electron chi connectivity index (χ2n) is 5.58. The maximum absolute atomic E-state index is 12.4. The highest BCUT2D eigenvalue weighted by Crippen LogP contribution is 2.22. The molecule has 7 nitrogen and oxygen atoms in total. The molecule has 1 atom stereocenters. The summed E-state index contributed by atoms with van der Waals surface area (Å²) in [6, 6.07) is 14.1. The van der Waals surface area contributed by atoms with E-state index in [0.29, 0.717) is 17.4 Å². The molecule has 0 saturated heterocycles. The third-order valence-corrected chi connectivity index (χ3v) is 3.91. The zero-order valence-electron chi connectivity index (χ0n) is 13.0. The van der Waals surface area contributed by atoms with Crippen LogP contribution in [0.2, 0.25) is 0 Å². The van der Waals surface area contributed by atoms with Gasteiger partial charge in [-0.05, 0) is 17.5 Å². The molecule has 0 aliphatic carbocycles. The van der Waals surface area contributed by atoms with Gasteiger partial charge in [-0.1, -0.05) is 37.3 Å². The first-order valence-corrected chi connectivity index (χ1v) is 7.52. The van der Waals surface area contributed by atoms with E-state index in [9.17, 15) is 14.9 Å². The lowest BCUT2D eigenvalue weighted by atomic mass is 10.0. The van der Waals surface area contributed by atoms with E-state index in [-0.39, 0.29) is 23.2 Å². The van der Waals surface area contributed by atoms with E-state index in [1.807, 2.05) is 37.3 Å². The molecule has 3 rings (SSSR count). The number of rotatable bonds is 5. The molecule has 122 valence electrons. The molecule has 0 saturated carbocycles. The minimum atomic E-state index is -0.494. The van der Waals surface area contributed by atoms with Crippen LogP contribution in [0.3, 0.4) is 0 Å². The Kier molecular flexibility index (Phi) is 4.24. The lowest BCUT2D eigenvalue weighted by Gasteiger charge is -2.12. The number of carbonyl (C=O) groups excluding carboxylic acids is 1. The van der Waals surface area contributed by atoms with Gasteiger partial charge in [-0.3, -0.25) is 20.0 Å². The number of hydrogen-bond donors (Lipinski definition) is 2. The quantitative estimate of drug-likeness (QED) is 0.556. The topological polar surface area (TPSA) is 101 Å². The molecule has 2 N–H and O–H groups in total. The summed E-state index contributed by atoms with van der Waals surface area (Å²) in [6.07, 6.45) is 0. The summed E-state index contributed by atoms with van der Waals surface area (Å²) < 4.78 is 0. The van der Waals surface area contributed by atoms with Crippen molar-refractivity contribution in [2.75, 3.05) is 6.54 Å². The highest BCUT2D eigenvalue weighted by Gasteiger charge is 2.17. The van der Waals surface area contributed by atoms with Gasteiger partial charge in [-0.15, -0.1) is 0 Å². The van der Waals surface area contributed by atoms with Crippen LogP contribution in [0, 0.1) is 10.1 Å². The van der Waals surface area contributed by atoms with Gasteiger partial charge in [0.15, 0.2) is 5.69 Å². The fourth-order valence-electron chi connectivity index (χ4n) is 2.52. The van der Waals surface area contributed by atoms with Crippen LogP contribution >= 0.6 is 0 Å². The summed E-state index contributed by atoms with van der Waals surface area (Å²) in [5.41, 5.74) is 1.80. The SMILES string of the molecule is C[C@H](CNC(=O)c1n[nH]c2ccc([N+](=O)[O-])cc12)c1ccccc1. The van der Waals surface area contributed by atoms with Gasteiger partial charge in [0.25, 0.3) is 11.6 Å². The molecule has 1 aromatic heterocycles. The summed E-state index contributed by atoms with van der Waals surface area (Å²) in [4.78, 5) is 22.8. The maximum Gasteiger partial charge on any atom is 0.272 e. The van der Waals surface area contributed by atoms with Crippen molar-refractivity contribution >= 4 is 22.5 Å². The zero-order chi connectivity index (χ0) is 17.1. The smallest absolute Gasteiger partial charge is 0.272 e. The molecular formula is C17H16N4O3. The molecule has 0 aliphatic rings. The van der Waals surface area contributed by atoms with Crippen molar-refractivity contribution in [1.29, 1.82) is 0 Å². The van der Waals surface area contributed by atoms with Crippen LogP contribution in [-0.2, 0) is 0 Å². The molecular weight excluding hydrogens is 308 g/mol. The predicted octanol–water partition coefficient (Wildman–Crippen LogP) is 3.00. The van der Waals surface area contributed by atoms with Crippen LogP contribution in [-0.4, -0.2) is 27.6 Å². The van der Waals surface area contributed by atoms with Gasteiger partial charge in [-0.2, -0.15) is 5.10 Å². The van der Waals surface area contributed by atoms with Crippen molar-refractivity contribution in [2.24, 2.45) is 0 Å². The lowest BCUT2D eigenvalue weighted by molar-refractivity contribution is -0.384. The zero-order valence-corrected chi connectivity index (χ0v) is 13.0. The fraction of sp³-hybridized carbons (Fsp3) is 0.176. The second-order valence-corrected chi connectivity index (χ2v) is 5.58. The highest BCUT2D eigenvalue weighted by molar-refractivity contribution is 6.05. The number of nitrogens with one attached hydrogen (secondary N) is 2. The Morgan fingerprint density at radius 2 is 2.04 bits per heavy atom. The van der Waals surface area contributed by atoms with Crippen LogP contribution in [0.1, 0.15) is 28.9 Å². The molecule has 0 unspecified atom stereocenters. The molecule has 2 aromatic carbocycles. The van der Waals surface area contributed by atoms with Gasteiger partial charge in [0.2, 0.25) is 0 Å². The number of non-ortho nitro benzene ring substituents is 1. The number of nitrogens with zero attached hydrogens (tertiary/aromatic N) is 2. The van der Waals surface area contributed by atoms with E-state index in [1.54, 1.807) is 6.07 Å². The van der Waals surface area contributed by atoms with E-state index in [4.69, 9.17) is 0 Å². The number of aromatic amines is 1. The van der Waals surface area contributed by atoms with Crippen molar-refractivity contribution in [3.63, 3.8) is 0 Å². The molecule has 0 spiro atoms. The third kappa shape index (κ3) is 3.10. The first-order chi connectivity index (χ1) is 11.6. The second kappa shape index (κ2) is 6.49. The molecule has 24 heavy (non-hydrogen) atoms. The number of nitro groups is 1. The van der Waals surface area contributed by atoms with E-state index in [1.165, 1.54) is 12.1 Å². The first kappa shape index (κ1) is 15.7. The third-order valence-electron chi connectivity index (χ3n) is 3.91. The van der Waals surface area contributed by atoms with E-state index in [0.717, 1.165) is 5.56 Å². The van der Waals surface area contributed by atoms with Crippen LogP contribution in [0.15, 0.2) is 48.5 Å². The van der Waals surface area contributed by atoms with Gasteiger partial charge >= 0.3 is 0 Å². The normalized spacial score (nSPS) is 12.0. The number of amides is 1. The Bertz CT molecular complexity index is 889. The Morgan fingerprint density at radius 1 is 1.29 bits per heavy atom. The maximum atomic E-state index is 12.4. The van der Waals surface area contributed by atoms with Gasteiger partial charge in [-0.25, -0.2) is 0 Å². The number of fused-ring (bicyclic) bond motifs is 1. The number of benzene rings is 2. The Labute approximate surface area is 137 Å². The van der Waals surface area contributed by atoms with Gasteiger partial charge < -0.3 is 5.32 Å². The number of carbonyl (C=O) groups is 1. The van der Waals surface area contributed by atoms with Crippen molar-refractivity contribution in [2.45, 2.75) is 12.8 Å². The predicted molar refractivity (Wildman–Crippen MR) is 89.9 cm³/mol. The summed E-state index contributed by atoms with van der Waals surface area (Å²) >= 11 is 0. The van der Waals surface area contributed by atoms with Crippen LogP contribution in [0.25, 0.3) is 10.9 Å². The summed E-state index contributed by atoms with van der Waals surface area (Å²) in [6.45, 7) is 2.47. The van der Waals surface area contributed by atoms with Crippen molar-refractivity contribution in [3.05, 3.63) is 69.9 Å². The van der Waals surface area contributed by atoms with Crippen molar-refractivity contribution in [1.82, 2.24) is 15.5 Å². The minimum absolute atomic E-state index is 0.0735. The Morgan fingerprint density at radius 3 is 2.75 bits per heavy atom. The Balaban J connectivity index is 1.76. The Hall–Kier alpha value is -3.22. The average molecular weight is 324 g/mol. The highest BCUT2D eigenvalue weighted by atomic mass is 16.6. The molecule has 7 heteroatoms. The standard InChI is InChI=1S/C17H16N4O3/c1-11(12-5-3-2-4-6-12)10-18-17(22)16-14-9-13(21(23)24)7-8-15(14)19-20-16/h2-9,11H,10H2,1H3,(H,18,22)(H,19,20)/t11-/m1/s1. The van der Waals surface area contributed by atoms with Crippen LogP contribution in [0.5, 0.6) is 0 Å². The van der Waals surface area contributed by atoms with E-state index in [2.05, 4.69) is 15.5 Å². The fourth-order valence-corrected chi connectivity index (χ4v) is 2.52. The molecule has 0 bridgehead atoms. The average Bonchev–Trinajstić information content (AvgIpc) is 3.03. The van der Waals surface area contributed by atoms with Crippen LogP contribution in [0.4, 0.5) is 5.69 Å². The summed E-state index contributed by atoms with van der Waals surface area (Å²) in [5.74, 6) is -0.209. The number of nitro benzene ring substituents is 1. The van der Waals surface area contributed by atoms with Crippen LogP contribution < -0.4 is 5.32 Å². The van der Waals surface area contributed by atoms with Gasteiger partial charge in [0, 0.05) is 24.1 Å². The molecule has 1 heterocycles. The molecule has 0 aliphatic heterocycles. The number of hydrogen-bond acceptors (Lipinski definition) is 4. The summed E-state index contributed by atoms with van der Waals surface area (Å²) in [5, 5.41) is 20.9. The lowest BCUT2D eigenvalue weighted by Crippen LogP contribution is -2.28. The first-order valence-electron chi connectivity index (χ1n) is 7.52. The number of H-pyrrole nitrogens is 1. The van der Waals surface area contributed by atoms with Crippen molar-refractivity contribution in [3.8, 4) is 0 Å². The summed E-state index contributed by atoms with van der Waals surface area (Å²) in [7, 11) is 0. The monoisotopic (exact) mass is 324 g/mol. The van der Waals surface area contributed by atoms with E-state index < -0.39 is 4.92 Å². The van der Waals surface area contributed by atoms with Crippen molar-refractivity contribution < 1.29 is 9.72 Å².